The number of pyridine rings is 1. The van der Waals surface area contributed by atoms with Crippen molar-refractivity contribution in [3.8, 4) is 0 Å². The van der Waals surface area contributed by atoms with Crippen molar-refractivity contribution in [2.24, 2.45) is 0 Å². The molecule has 0 atom stereocenters. The molecule has 0 bridgehead atoms. The van der Waals surface area contributed by atoms with Gasteiger partial charge in [-0.05, 0) is 30.3 Å². The van der Waals surface area contributed by atoms with Crippen LogP contribution >= 0.6 is 11.6 Å². The molecule has 3 rings (SSSR count). The van der Waals surface area contributed by atoms with Crippen molar-refractivity contribution in [2.75, 3.05) is 44.9 Å². The Kier molecular flexibility index (Phi) is 6.79. The molecule has 0 radical (unpaired) electrons. The minimum atomic E-state index is -0.318. The molecule has 152 valence electrons. The molecular weight excluding hydrogens is 396 g/mol. The Morgan fingerprint density at radius 3 is 2.69 bits per heavy atom. The van der Waals surface area contributed by atoms with Crippen LogP contribution in [0.1, 0.15) is 10.4 Å². The molecule has 0 N–H and O–H groups in total. The number of carbonyl (C=O) groups excluding carboxylic acids is 3. The Balaban J connectivity index is 1.69. The summed E-state index contributed by atoms with van der Waals surface area (Å²) in [7, 11) is 1.53. The monoisotopic (exact) mass is 416 g/mol. The van der Waals surface area contributed by atoms with Crippen molar-refractivity contribution in [1.82, 2.24) is 14.8 Å². The van der Waals surface area contributed by atoms with Gasteiger partial charge < -0.3 is 14.5 Å². The fraction of sp³-hybridized carbons (Fsp3) is 0.300. The zero-order valence-corrected chi connectivity index (χ0v) is 16.7. The Bertz CT molecular complexity index is 893. The zero-order valence-electron chi connectivity index (χ0n) is 16.0. The van der Waals surface area contributed by atoms with Gasteiger partial charge in [0.05, 0.1) is 6.61 Å². The van der Waals surface area contributed by atoms with Gasteiger partial charge in [0.1, 0.15) is 19.8 Å². The van der Waals surface area contributed by atoms with Crippen LogP contribution in [-0.4, -0.2) is 72.5 Å². The molecule has 1 fully saturated rings. The highest BCUT2D eigenvalue weighted by molar-refractivity contribution is 6.31. The van der Waals surface area contributed by atoms with Gasteiger partial charge in [0.15, 0.2) is 0 Å². The van der Waals surface area contributed by atoms with Gasteiger partial charge in [-0.1, -0.05) is 17.7 Å². The number of amides is 3. The van der Waals surface area contributed by atoms with Crippen LogP contribution in [-0.2, 0) is 14.3 Å². The quantitative estimate of drug-likeness (QED) is 0.685. The highest BCUT2D eigenvalue weighted by Crippen LogP contribution is 2.23. The number of halogens is 1. The van der Waals surface area contributed by atoms with E-state index in [0.717, 1.165) is 0 Å². The third-order valence-electron chi connectivity index (χ3n) is 4.52. The standard InChI is InChI=1S/C20H21ClN4O4/c1-29-10-9-23(20(28)15-5-7-22-8-6-15)12-18(26)24-13-19(27)25(14-24)17-4-2-3-16(21)11-17/h2-8,11H,9-10,12-14H2,1H3. The lowest BCUT2D eigenvalue weighted by atomic mass is 10.2. The average Bonchev–Trinajstić information content (AvgIpc) is 3.13. The highest BCUT2D eigenvalue weighted by atomic mass is 35.5. The van der Waals surface area contributed by atoms with Crippen LogP contribution in [0.15, 0.2) is 48.8 Å². The maximum Gasteiger partial charge on any atom is 0.254 e. The number of hydrogen-bond donors (Lipinski definition) is 0. The summed E-state index contributed by atoms with van der Waals surface area (Å²) in [6.45, 7) is 0.453. The summed E-state index contributed by atoms with van der Waals surface area (Å²) in [5.41, 5.74) is 1.06. The van der Waals surface area contributed by atoms with Crippen molar-refractivity contribution in [3.63, 3.8) is 0 Å². The minimum Gasteiger partial charge on any atom is -0.383 e. The van der Waals surface area contributed by atoms with Crippen LogP contribution < -0.4 is 4.90 Å². The van der Waals surface area contributed by atoms with Gasteiger partial charge in [0.2, 0.25) is 11.8 Å². The van der Waals surface area contributed by atoms with Crippen molar-refractivity contribution < 1.29 is 19.1 Å². The van der Waals surface area contributed by atoms with Crippen LogP contribution in [0.4, 0.5) is 5.69 Å². The smallest absolute Gasteiger partial charge is 0.254 e. The van der Waals surface area contributed by atoms with Gasteiger partial charge in [0, 0.05) is 42.3 Å². The minimum absolute atomic E-state index is 0.0487. The second kappa shape index (κ2) is 9.49. The van der Waals surface area contributed by atoms with Gasteiger partial charge >= 0.3 is 0 Å². The van der Waals surface area contributed by atoms with Gasteiger partial charge in [0.25, 0.3) is 5.91 Å². The molecule has 9 heteroatoms. The molecule has 1 aromatic carbocycles. The summed E-state index contributed by atoms with van der Waals surface area (Å²) < 4.78 is 5.06. The molecule has 1 aliphatic heterocycles. The highest BCUT2D eigenvalue weighted by Gasteiger charge is 2.33. The SMILES string of the molecule is COCCN(CC(=O)N1CC(=O)N(c2cccc(Cl)c2)C1)C(=O)c1ccncc1. The van der Waals surface area contributed by atoms with E-state index in [1.165, 1.54) is 34.2 Å². The zero-order chi connectivity index (χ0) is 20.8. The van der Waals surface area contributed by atoms with Gasteiger partial charge in [-0.2, -0.15) is 0 Å². The second-order valence-corrected chi connectivity index (χ2v) is 6.93. The molecule has 1 saturated heterocycles. The molecular formula is C20H21ClN4O4. The van der Waals surface area contributed by atoms with Crippen molar-refractivity contribution in [1.29, 1.82) is 0 Å². The number of anilines is 1. The number of nitrogens with zero attached hydrogens (tertiary/aromatic N) is 4. The molecule has 0 unspecified atom stereocenters. The number of aromatic nitrogens is 1. The molecule has 2 heterocycles. The molecule has 1 aliphatic rings. The third kappa shape index (κ3) is 5.10. The predicted octanol–water partition coefficient (Wildman–Crippen LogP) is 1.66. The largest absolute Gasteiger partial charge is 0.383 e. The molecule has 1 aromatic heterocycles. The predicted molar refractivity (Wildman–Crippen MR) is 108 cm³/mol. The molecule has 0 saturated carbocycles. The fourth-order valence-electron chi connectivity index (χ4n) is 2.98. The maximum atomic E-state index is 12.8. The fourth-order valence-corrected chi connectivity index (χ4v) is 3.16. The number of hydrogen-bond acceptors (Lipinski definition) is 5. The van der Waals surface area contributed by atoms with E-state index in [4.69, 9.17) is 16.3 Å². The average molecular weight is 417 g/mol. The van der Waals surface area contributed by atoms with Gasteiger partial charge in [-0.3, -0.25) is 24.3 Å². The summed E-state index contributed by atoms with van der Waals surface area (Å²) in [5.74, 6) is -0.819. The van der Waals surface area contributed by atoms with Gasteiger partial charge in [-0.15, -0.1) is 0 Å². The first-order chi connectivity index (χ1) is 14.0. The molecule has 0 aliphatic carbocycles. The maximum absolute atomic E-state index is 12.8. The Labute approximate surface area is 173 Å². The second-order valence-electron chi connectivity index (χ2n) is 6.49. The van der Waals surface area contributed by atoms with Crippen LogP contribution in [0, 0.1) is 0 Å². The third-order valence-corrected chi connectivity index (χ3v) is 4.75. The van der Waals surface area contributed by atoms with Crippen LogP contribution in [0.2, 0.25) is 5.02 Å². The van der Waals surface area contributed by atoms with E-state index >= 15 is 0 Å². The van der Waals surface area contributed by atoms with Crippen LogP contribution in [0.3, 0.4) is 0 Å². The number of benzene rings is 1. The summed E-state index contributed by atoms with van der Waals surface area (Å²) in [5, 5.41) is 0.508. The first kappa shape index (κ1) is 20.8. The Morgan fingerprint density at radius 2 is 2.00 bits per heavy atom. The van der Waals surface area contributed by atoms with Crippen molar-refractivity contribution >= 4 is 35.0 Å². The number of carbonyl (C=O) groups is 3. The lowest BCUT2D eigenvalue weighted by molar-refractivity contribution is -0.132. The summed E-state index contributed by atoms with van der Waals surface area (Å²) >= 11 is 6.00. The number of methoxy groups -OCH3 is 1. The molecule has 2 aromatic rings. The van der Waals surface area contributed by atoms with Crippen LogP contribution in [0.5, 0.6) is 0 Å². The van der Waals surface area contributed by atoms with E-state index in [9.17, 15) is 14.4 Å². The number of rotatable bonds is 7. The van der Waals surface area contributed by atoms with Crippen molar-refractivity contribution in [3.05, 3.63) is 59.4 Å². The molecule has 29 heavy (non-hydrogen) atoms. The van der Waals surface area contributed by atoms with Crippen LogP contribution in [0.25, 0.3) is 0 Å². The van der Waals surface area contributed by atoms with E-state index in [-0.39, 0.29) is 50.6 Å². The Hall–Kier alpha value is -2.97. The molecule has 8 nitrogen and oxygen atoms in total. The summed E-state index contributed by atoms with van der Waals surface area (Å²) in [4.78, 5) is 46.2. The normalized spacial score (nSPS) is 13.7. The van der Waals surface area contributed by atoms with Gasteiger partial charge in [-0.25, -0.2) is 0 Å². The number of ether oxygens (including phenoxy) is 1. The van der Waals surface area contributed by atoms with E-state index in [2.05, 4.69) is 4.98 Å². The summed E-state index contributed by atoms with van der Waals surface area (Å²) in [6.07, 6.45) is 3.04. The van der Waals surface area contributed by atoms with E-state index in [0.29, 0.717) is 16.3 Å². The Morgan fingerprint density at radius 1 is 1.24 bits per heavy atom. The first-order valence-corrected chi connectivity index (χ1v) is 9.39. The van der Waals surface area contributed by atoms with Crippen molar-refractivity contribution in [2.45, 2.75) is 0 Å². The first-order valence-electron chi connectivity index (χ1n) is 9.01. The van der Waals surface area contributed by atoms with E-state index in [1.54, 1.807) is 36.4 Å². The molecule has 3 amide bonds. The molecule has 0 spiro atoms. The topological polar surface area (TPSA) is 83.0 Å². The lowest BCUT2D eigenvalue weighted by Crippen LogP contribution is -2.44. The van der Waals surface area contributed by atoms with E-state index in [1.807, 2.05) is 0 Å². The summed E-state index contributed by atoms with van der Waals surface area (Å²) in [6, 6.07) is 10.1. The van der Waals surface area contributed by atoms with E-state index < -0.39 is 0 Å². The lowest BCUT2D eigenvalue weighted by Gasteiger charge is -2.25.